The zero-order valence-corrected chi connectivity index (χ0v) is 13.2. The number of benzene rings is 1. The van der Waals surface area contributed by atoms with Crippen LogP contribution in [0.4, 0.5) is 5.69 Å². The first kappa shape index (κ1) is 15.8. The zero-order chi connectivity index (χ0) is 17.1. The maximum absolute atomic E-state index is 12.3. The molecule has 0 aliphatic rings. The van der Waals surface area contributed by atoms with Gasteiger partial charge in [0.2, 0.25) is 5.88 Å². The normalized spacial score (nSPS) is 10.5. The molecule has 1 amide bonds. The van der Waals surface area contributed by atoms with Crippen molar-refractivity contribution in [3.63, 3.8) is 0 Å². The van der Waals surface area contributed by atoms with Crippen LogP contribution >= 0.6 is 12.6 Å². The van der Waals surface area contributed by atoms with Crippen molar-refractivity contribution in [1.29, 1.82) is 0 Å². The number of hydrogen-bond acceptors (Lipinski definition) is 6. The summed E-state index contributed by atoms with van der Waals surface area (Å²) in [4.78, 5) is 37.2. The Morgan fingerprint density at radius 2 is 2.21 bits per heavy atom. The van der Waals surface area contributed by atoms with Crippen molar-refractivity contribution >= 4 is 24.2 Å². The molecule has 9 heteroatoms. The molecule has 0 saturated heterocycles. The van der Waals surface area contributed by atoms with Crippen LogP contribution in [0.15, 0.2) is 41.6 Å². The number of nitrogens with zero attached hydrogens (tertiary/aromatic N) is 2. The Kier molecular flexibility index (Phi) is 4.34. The Bertz CT molecular complexity index is 937. The fourth-order valence-corrected chi connectivity index (χ4v) is 2.31. The molecule has 1 aromatic carbocycles. The molecule has 0 spiro atoms. The third-order valence-electron chi connectivity index (χ3n) is 3.26. The third kappa shape index (κ3) is 3.15. The fourth-order valence-electron chi connectivity index (χ4n) is 2.16. The second-order valence-corrected chi connectivity index (χ2v) is 5.19. The van der Waals surface area contributed by atoms with E-state index >= 15 is 0 Å². The summed E-state index contributed by atoms with van der Waals surface area (Å²) in [5, 5.41) is 12.4. The fraction of sp³-hybridized carbons (Fsp3) is 0.0667. The van der Waals surface area contributed by atoms with E-state index in [1.807, 2.05) is 6.07 Å². The molecule has 122 valence electrons. The number of aromatic nitrogens is 4. The second kappa shape index (κ2) is 6.59. The smallest absolute Gasteiger partial charge is 0.267 e. The van der Waals surface area contributed by atoms with Crippen molar-refractivity contribution in [3.8, 4) is 17.1 Å². The van der Waals surface area contributed by atoms with Crippen LogP contribution in [0.3, 0.4) is 0 Å². The van der Waals surface area contributed by atoms with Gasteiger partial charge in [0, 0.05) is 17.0 Å². The average Bonchev–Trinajstić information content (AvgIpc) is 3.08. The topological polar surface area (TPSA) is 124 Å². The highest BCUT2D eigenvalue weighted by Crippen LogP contribution is 2.21. The van der Waals surface area contributed by atoms with E-state index in [0.29, 0.717) is 5.69 Å². The molecule has 24 heavy (non-hydrogen) atoms. The van der Waals surface area contributed by atoms with Crippen LogP contribution in [-0.2, 0) is 5.75 Å². The molecule has 0 atom stereocenters. The van der Waals surface area contributed by atoms with Gasteiger partial charge in [0.15, 0.2) is 5.56 Å². The highest BCUT2D eigenvalue weighted by molar-refractivity contribution is 7.79. The molecule has 0 bridgehead atoms. The maximum Gasteiger partial charge on any atom is 0.267 e. The van der Waals surface area contributed by atoms with Crippen LogP contribution in [0.5, 0.6) is 5.88 Å². The number of rotatable bonds is 4. The van der Waals surface area contributed by atoms with Crippen molar-refractivity contribution in [2.45, 2.75) is 5.75 Å². The summed E-state index contributed by atoms with van der Waals surface area (Å²) in [6.07, 6.45) is 3.20. The van der Waals surface area contributed by atoms with Gasteiger partial charge < -0.3 is 20.4 Å². The van der Waals surface area contributed by atoms with E-state index in [2.05, 4.69) is 37.9 Å². The lowest BCUT2D eigenvalue weighted by atomic mass is 10.1. The Morgan fingerprint density at radius 1 is 1.38 bits per heavy atom. The minimum Gasteiger partial charge on any atom is -0.493 e. The van der Waals surface area contributed by atoms with Crippen LogP contribution in [0.2, 0.25) is 0 Å². The van der Waals surface area contributed by atoms with E-state index in [0.717, 1.165) is 11.3 Å². The number of anilines is 1. The number of hydrogen-bond donors (Lipinski definition) is 5. The number of aromatic hydroxyl groups is 1. The van der Waals surface area contributed by atoms with Gasteiger partial charge in [-0.3, -0.25) is 9.59 Å². The molecule has 2 aromatic heterocycles. The van der Waals surface area contributed by atoms with Gasteiger partial charge in [0.25, 0.3) is 11.5 Å². The number of carbonyl (C=O) groups excluding carboxylic acids is 1. The summed E-state index contributed by atoms with van der Waals surface area (Å²) in [7, 11) is 0. The highest BCUT2D eigenvalue weighted by atomic mass is 32.1. The Hall–Kier alpha value is -3.07. The van der Waals surface area contributed by atoms with Crippen LogP contribution in [0.1, 0.15) is 16.2 Å². The lowest BCUT2D eigenvalue weighted by molar-refractivity contribution is 0.102. The predicted molar refractivity (Wildman–Crippen MR) is 91.2 cm³/mol. The molecule has 3 rings (SSSR count). The molecule has 0 aliphatic carbocycles. The van der Waals surface area contributed by atoms with Gasteiger partial charge >= 0.3 is 0 Å². The summed E-state index contributed by atoms with van der Waals surface area (Å²) in [6.45, 7) is 0. The van der Waals surface area contributed by atoms with E-state index in [1.165, 1.54) is 0 Å². The summed E-state index contributed by atoms with van der Waals surface area (Å²) >= 11 is 3.96. The Morgan fingerprint density at radius 3 is 2.88 bits per heavy atom. The molecule has 0 fully saturated rings. The summed E-state index contributed by atoms with van der Waals surface area (Å²) < 4.78 is 0. The van der Waals surface area contributed by atoms with Crippen molar-refractivity contribution in [3.05, 3.63) is 58.5 Å². The van der Waals surface area contributed by atoms with Gasteiger partial charge in [-0.15, -0.1) is 0 Å². The van der Waals surface area contributed by atoms with Crippen molar-refractivity contribution in [2.75, 3.05) is 5.32 Å². The Labute approximate surface area is 141 Å². The summed E-state index contributed by atoms with van der Waals surface area (Å²) in [5.41, 5.74) is 0.879. The monoisotopic (exact) mass is 343 g/mol. The number of imidazole rings is 1. The molecule has 3 aromatic rings. The predicted octanol–water partition coefficient (Wildman–Crippen LogP) is 1.55. The second-order valence-electron chi connectivity index (χ2n) is 4.87. The van der Waals surface area contributed by atoms with E-state index in [9.17, 15) is 14.7 Å². The van der Waals surface area contributed by atoms with Crippen molar-refractivity contribution in [2.24, 2.45) is 0 Å². The molecular weight excluding hydrogens is 330 g/mol. The Balaban J connectivity index is 1.88. The van der Waals surface area contributed by atoms with Gasteiger partial charge in [0.05, 0.1) is 18.2 Å². The molecule has 0 unspecified atom stereocenters. The van der Waals surface area contributed by atoms with Gasteiger partial charge in [-0.2, -0.15) is 17.6 Å². The van der Waals surface area contributed by atoms with Crippen molar-refractivity contribution < 1.29 is 9.90 Å². The van der Waals surface area contributed by atoms with Crippen LogP contribution in [0, 0.1) is 0 Å². The maximum atomic E-state index is 12.3. The van der Waals surface area contributed by atoms with Crippen LogP contribution in [-0.4, -0.2) is 30.9 Å². The molecule has 2 heterocycles. The minimum absolute atomic E-state index is 0.136. The SMILES string of the molecule is O=C(Nc1cccc(-c2cnc[nH]2)c1)c1c(O)nc(CS)[nH]c1=O. The van der Waals surface area contributed by atoms with E-state index in [1.54, 1.807) is 30.7 Å². The van der Waals surface area contributed by atoms with Crippen molar-refractivity contribution in [1.82, 2.24) is 19.9 Å². The first-order chi connectivity index (χ1) is 11.6. The van der Waals surface area contributed by atoms with Gasteiger partial charge in [-0.1, -0.05) is 12.1 Å². The number of thiol groups is 1. The minimum atomic E-state index is -0.756. The van der Waals surface area contributed by atoms with Gasteiger partial charge in [-0.25, -0.2) is 4.98 Å². The lowest BCUT2D eigenvalue weighted by Crippen LogP contribution is -2.25. The molecule has 0 aliphatic heterocycles. The quantitative estimate of drug-likeness (QED) is 0.460. The molecule has 4 N–H and O–H groups in total. The van der Waals surface area contributed by atoms with Gasteiger partial charge in [0.1, 0.15) is 5.82 Å². The number of H-pyrrole nitrogens is 2. The number of nitrogens with one attached hydrogen (secondary N) is 3. The molecule has 8 nitrogen and oxygen atoms in total. The zero-order valence-electron chi connectivity index (χ0n) is 12.3. The highest BCUT2D eigenvalue weighted by Gasteiger charge is 2.19. The third-order valence-corrected chi connectivity index (χ3v) is 3.56. The lowest BCUT2D eigenvalue weighted by Gasteiger charge is -2.08. The van der Waals surface area contributed by atoms with E-state index in [-0.39, 0.29) is 11.6 Å². The molecule has 0 radical (unpaired) electrons. The summed E-state index contributed by atoms with van der Waals surface area (Å²) in [6, 6.07) is 6.97. The number of amides is 1. The van der Waals surface area contributed by atoms with E-state index in [4.69, 9.17) is 0 Å². The molecular formula is C15H13N5O3S. The standard InChI is InChI=1S/C15H13N5O3S/c21-13(12-14(22)19-11(6-24)20-15(12)23)18-9-3-1-2-8(4-9)10-5-16-7-17-10/h1-5,7,24H,6H2,(H,16,17)(H,18,21)(H2,19,20,22,23). The summed E-state index contributed by atoms with van der Waals surface area (Å²) in [5.74, 6) is -1.07. The van der Waals surface area contributed by atoms with E-state index < -0.39 is 22.9 Å². The molecule has 0 saturated carbocycles. The first-order valence-corrected chi connectivity index (χ1v) is 7.55. The average molecular weight is 343 g/mol. The van der Waals surface area contributed by atoms with Crippen LogP contribution < -0.4 is 10.9 Å². The number of aromatic amines is 2. The first-order valence-electron chi connectivity index (χ1n) is 6.91. The number of carbonyl (C=O) groups is 1. The van der Waals surface area contributed by atoms with Crippen LogP contribution in [0.25, 0.3) is 11.3 Å². The largest absolute Gasteiger partial charge is 0.493 e. The van der Waals surface area contributed by atoms with Gasteiger partial charge in [-0.05, 0) is 12.1 Å².